The molecular formula is C12H18N2O3. The Bertz CT molecular complexity index is 391. The maximum Gasteiger partial charge on any atom is 0.242 e. The van der Waals surface area contributed by atoms with E-state index in [1.54, 1.807) is 38.1 Å². The van der Waals surface area contributed by atoms with Crippen molar-refractivity contribution in [3.63, 3.8) is 0 Å². The molecule has 0 unspecified atom stereocenters. The molecule has 0 atom stereocenters. The van der Waals surface area contributed by atoms with E-state index in [2.05, 4.69) is 5.43 Å². The summed E-state index contributed by atoms with van der Waals surface area (Å²) >= 11 is 0. The number of hydrogen-bond acceptors (Lipinski definition) is 4. The summed E-state index contributed by atoms with van der Waals surface area (Å²) in [5.74, 6) is 5.42. The van der Waals surface area contributed by atoms with Crippen molar-refractivity contribution in [2.45, 2.75) is 20.5 Å². The Morgan fingerprint density at radius 3 is 2.82 bits per heavy atom. The van der Waals surface area contributed by atoms with Gasteiger partial charge in [-0.3, -0.25) is 10.2 Å². The summed E-state index contributed by atoms with van der Waals surface area (Å²) in [6, 6.07) is 7.09. The number of hydrazine groups is 1. The van der Waals surface area contributed by atoms with Crippen molar-refractivity contribution in [3.05, 3.63) is 29.8 Å². The van der Waals surface area contributed by atoms with Crippen LogP contribution in [0.4, 0.5) is 0 Å². The Morgan fingerprint density at radius 1 is 1.53 bits per heavy atom. The molecule has 0 radical (unpaired) electrons. The molecule has 5 nitrogen and oxygen atoms in total. The largest absolute Gasteiger partial charge is 0.492 e. The fourth-order valence-electron chi connectivity index (χ4n) is 1.26. The second-order valence-corrected chi connectivity index (χ2v) is 4.45. The first-order valence-corrected chi connectivity index (χ1v) is 5.33. The van der Waals surface area contributed by atoms with Crippen LogP contribution in [0.5, 0.6) is 5.75 Å². The Balaban J connectivity index is 2.63. The van der Waals surface area contributed by atoms with Gasteiger partial charge in [-0.15, -0.1) is 0 Å². The van der Waals surface area contributed by atoms with Crippen molar-refractivity contribution >= 4 is 5.91 Å². The Morgan fingerprint density at radius 2 is 2.24 bits per heavy atom. The summed E-state index contributed by atoms with van der Waals surface area (Å²) in [6.07, 6.45) is 0. The van der Waals surface area contributed by atoms with E-state index in [9.17, 15) is 4.79 Å². The van der Waals surface area contributed by atoms with Crippen molar-refractivity contribution in [1.29, 1.82) is 0 Å². The second kappa shape index (κ2) is 5.65. The van der Waals surface area contributed by atoms with Crippen LogP contribution >= 0.6 is 0 Å². The molecule has 1 rings (SSSR count). The standard InChI is InChI=1S/C12H18N2O3/c1-12(2,11(16)14-13)8-17-10-5-3-4-9(6-10)7-15/h3-6,15H,7-8,13H2,1-2H3,(H,14,16). The van der Waals surface area contributed by atoms with Crippen LogP contribution in [0.3, 0.4) is 0 Å². The average Bonchev–Trinajstić information content (AvgIpc) is 2.35. The van der Waals surface area contributed by atoms with E-state index < -0.39 is 5.41 Å². The van der Waals surface area contributed by atoms with Gasteiger partial charge in [-0.2, -0.15) is 0 Å². The minimum Gasteiger partial charge on any atom is -0.492 e. The summed E-state index contributed by atoms with van der Waals surface area (Å²) in [7, 11) is 0. The Labute approximate surface area is 101 Å². The minimum absolute atomic E-state index is 0.0378. The summed E-state index contributed by atoms with van der Waals surface area (Å²) in [5, 5.41) is 8.98. The number of nitrogens with one attached hydrogen (secondary N) is 1. The summed E-state index contributed by atoms with van der Waals surface area (Å²) in [5.41, 5.74) is 2.17. The van der Waals surface area contributed by atoms with Crippen molar-refractivity contribution in [2.75, 3.05) is 6.61 Å². The van der Waals surface area contributed by atoms with Gasteiger partial charge in [-0.25, -0.2) is 5.84 Å². The van der Waals surface area contributed by atoms with Crippen LogP contribution < -0.4 is 16.0 Å². The van der Waals surface area contributed by atoms with Crippen molar-refractivity contribution in [3.8, 4) is 5.75 Å². The van der Waals surface area contributed by atoms with E-state index in [4.69, 9.17) is 15.7 Å². The quantitative estimate of drug-likeness (QED) is 0.398. The van der Waals surface area contributed by atoms with Gasteiger partial charge in [0, 0.05) is 0 Å². The third kappa shape index (κ3) is 3.72. The number of aliphatic hydroxyl groups excluding tert-OH is 1. The van der Waals surface area contributed by atoms with Gasteiger partial charge in [0.1, 0.15) is 12.4 Å². The Hall–Kier alpha value is -1.59. The molecule has 0 saturated heterocycles. The molecule has 0 aliphatic carbocycles. The van der Waals surface area contributed by atoms with E-state index in [1.807, 2.05) is 0 Å². The van der Waals surface area contributed by atoms with E-state index in [0.29, 0.717) is 5.75 Å². The first-order valence-electron chi connectivity index (χ1n) is 5.33. The van der Waals surface area contributed by atoms with E-state index in [0.717, 1.165) is 5.56 Å². The first kappa shape index (κ1) is 13.5. The highest BCUT2D eigenvalue weighted by Crippen LogP contribution is 2.19. The number of hydrogen-bond donors (Lipinski definition) is 3. The molecule has 0 aromatic heterocycles. The lowest BCUT2D eigenvalue weighted by Gasteiger charge is -2.22. The normalized spacial score (nSPS) is 11.1. The number of benzene rings is 1. The van der Waals surface area contributed by atoms with E-state index in [-0.39, 0.29) is 19.1 Å². The van der Waals surface area contributed by atoms with Gasteiger partial charge in [0.05, 0.1) is 12.0 Å². The zero-order valence-electron chi connectivity index (χ0n) is 10.1. The molecule has 1 aromatic carbocycles. The molecule has 94 valence electrons. The van der Waals surface area contributed by atoms with Gasteiger partial charge in [-0.1, -0.05) is 12.1 Å². The van der Waals surface area contributed by atoms with Gasteiger partial charge < -0.3 is 9.84 Å². The molecule has 4 N–H and O–H groups in total. The zero-order chi connectivity index (χ0) is 12.9. The number of nitrogens with two attached hydrogens (primary N) is 1. The molecule has 0 aliphatic heterocycles. The number of carbonyl (C=O) groups excluding carboxylic acids is 1. The third-order valence-corrected chi connectivity index (χ3v) is 2.43. The maximum absolute atomic E-state index is 11.4. The van der Waals surface area contributed by atoms with Crippen molar-refractivity contribution in [1.82, 2.24) is 5.43 Å². The van der Waals surface area contributed by atoms with Gasteiger partial charge in [0.15, 0.2) is 0 Å². The van der Waals surface area contributed by atoms with Crippen molar-refractivity contribution < 1.29 is 14.6 Å². The highest BCUT2D eigenvalue weighted by Gasteiger charge is 2.27. The van der Waals surface area contributed by atoms with Crippen LogP contribution in [0.25, 0.3) is 0 Å². The number of carbonyl (C=O) groups is 1. The predicted octanol–water partition coefficient (Wildman–Crippen LogP) is 0.574. The highest BCUT2D eigenvalue weighted by atomic mass is 16.5. The van der Waals surface area contributed by atoms with Crippen LogP contribution in [0, 0.1) is 5.41 Å². The highest BCUT2D eigenvalue weighted by molar-refractivity contribution is 5.81. The molecule has 0 saturated carbocycles. The lowest BCUT2D eigenvalue weighted by atomic mass is 9.94. The van der Waals surface area contributed by atoms with Gasteiger partial charge in [-0.05, 0) is 31.5 Å². The maximum atomic E-state index is 11.4. The zero-order valence-corrected chi connectivity index (χ0v) is 10.1. The molecular weight excluding hydrogens is 220 g/mol. The molecule has 0 fully saturated rings. The number of amides is 1. The SMILES string of the molecule is CC(C)(COc1cccc(CO)c1)C(=O)NN. The molecule has 0 heterocycles. The van der Waals surface area contributed by atoms with Crippen molar-refractivity contribution in [2.24, 2.45) is 11.3 Å². The van der Waals surface area contributed by atoms with E-state index >= 15 is 0 Å². The summed E-state index contributed by atoms with van der Waals surface area (Å²) in [4.78, 5) is 11.4. The number of rotatable bonds is 5. The van der Waals surface area contributed by atoms with E-state index in [1.165, 1.54) is 0 Å². The second-order valence-electron chi connectivity index (χ2n) is 4.45. The predicted molar refractivity (Wildman–Crippen MR) is 64.0 cm³/mol. The van der Waals surface area contributed by atoms with Gasteiger partial charge in [0.25, 0.3) is 0 Å². The lowest BCUT2D eigenvalue weighted by molar-refractivity contribution is -0.130. The molecule has 1 amide bonds. The fourth-order valence-corrected chi connectivity index (χ4v) is 1.26. The average molecular weight is 238 g/mol. The van der Waals surface area contributed by atoms with Crippen LogP contribution in [0.15, 0.2) is 24.3 Å². The lowest BCUT2D eigenvalue weighted by Crippen LogP contribution is -2.44. The molecule has 0 aliphatic rings. The summed E-state index contributed by atoms with van der Waals surface area (Å²) < 4.78 is 5.51. The molecule has 5 heteroatoms. The molecule has 0 spiro atoms. The number of ether oxygens (including phenoxy) is 1. The minimum atomic E-state index is -0.704. The summed E-state index contributed by atoms with van der Waals surface area (Å²) in [6.45, 7) is 3.66. The monoisotopic (exact) mass is 238 g/mol. The first-order chi connectivity index (χ1) is 7.99. The third-order valence-electron chi connectivity index (χ3n) is 2.43. The fraction of sp³-hybridized carbons (Fsp3) is 0.417. The van der Waals surface area contributed by atoms with Crippen LogP contribution in [-0.4, -0.2) is 17.6 Å². The molecule has 17 heavy (non-hydrogen) atoms. The van der Waals surface area contributed by atoms with Crippen LogP contribution in [0.2, 0.25) is 0 Å². The molecule has 0 bridgehead atoms. The van der Waals surface area contributed by atoms with Crippen LogP contribution in [-0.2, 0) is 11.4 Å². The topological polar surface area (TPSA) is 84.6 Å². The van der Waals surface area contributed by atoms with Gasteiger partial charge in [0.2, 0.25) is 5.91 Å². The van der Waals surface area contributed by atoms with Crippen LogP contribution in [0.1, 0.15) is 19.4 Å². The smallest absolute Gasteiger partial charge is 0.242 e. The number of aliphatic hydroxyl groups is 1. The van der Waals surface area contributed by atoms with Gasteiger partial charge >= 0.3 is 0 Å². The molecule has 1 aromatic rings. The Kier molecular flexibility index (Phi) is 4.48.